The van der Waals surface area contributed by atoms with Gasteiger partial charge in [-0.1, -0.05) is 44.7 Å². The molecule has 3 aromatic rings. The molecule has 1 N–H and O–H groups in total. The molecule has 6 rings (SSSR count). The number of aromatic amines is 1. The number of H-pyrrole nitrogens is 1. The van der Waals surface area contributed by atoms with Crippen molar-refractivity contribution < 1.29 is 0 Å². The molecule has 0 spiro atoms. The van der Waals surface area contributed by atoms with Crippen LogP contribution >= 0.6 is 0 Å². The number of likely N-dealkylation sites (tertiary alicyclic amines) is 1. The van der Waals surface area contributed by atoms with Crippen LogP contribution in [0.15, 0.2) is 44.8 Å². The van der Waals surface area contributed by atoms with Crippen LogP contribution in [0.25, 0.3) is 16.9 Å². The Hall–Kier alpha value is -3.07. The molecular weight excluding hydrogens is 480 g/mol. The molecule has 0 amide bonds. The second-order valence-electron chi connectivity index (χ2n) is 11.8. The number of nitrogens with zero attached hydrogens (tertiary/aromatic N) is 5. The van der Waals surface area contributed by atoms with Crippen molar-refractivity contribution in [1.29, 1.82) is 0 Å². The fourth-order valence-electron chi connectivity index (χ4n) is 7.91. The SMILES string of the molecule is CC[C@@H]1C[C@H](n2c(=O)c(-n3ncc(=O)[nH]c3=O)nc3ccccc32)CC(C)N1[C@@H]1C[C@@H]2CCCC[C@@H](C2)C1. The van der Waals surface area contributed by atoms with E-state index in [9.17, 15) is 14.4 Å². The van der Waals surface area contributed by atoms with E-state index in [0.29, 0.717) is 23.6 Å². The summed E-state index contributed by atoms with van der Waals surface area (Å²) in [5.41, 5.74) is -0.335. The number of aromatic nitrogens is 5. The van der Waals surface area contributed by atoms with Crippen LogP contribution < -0.4 is 16.8 Å². The van der Waals surface area contributed by atoms with Crippen molar-refractivity contribution in [3.63, 3.8) is 0 Å². The zero-order valence-electron chi connectivity index (χ0n) is 22.4. The van der Waals surface area contributed by atoms with Gasteiger partial charge in [-0.25, -0.2) is 9.78 Å². The first-order valence-electron chi connectivity index (χ1n) is 14.4. The molecule has 2 aliphatic carbocycles. The van der Waals surface area contributed by atoms with Crippen molar-refractivity contribution in [1.82, 2.24) is 29.2 Å². The molecule has 1 unspecified atom stereocenters. The summed E-state index contributed by atoms with van der Waals surface area (Å²) in [7, 11) is 0. The summed E-state index contributed by atoms with van der Waals surface area (Å²) in [6.45, 7) is 4.60. The highest BCUT2D eigenvalue weighted by molar-refractivity contribution is 5.75. The van der Waals surface area contributed by atoms with E-state index in [1.807, 2.05) is 28.8 Å². The van der Waals surface area contributed by atoms with Gasteiger partial charge < -0.3 is 4.57 Å². The predicted octanol–water partition coefficient (Wildman–Crippen LogP) is 3.79. The summed E-state index contributed by atoms with van der Waals surface area (Å²) in [6.07, 6.45) is 13.4. The van der Waals surface area contributed by atoms with Gasteiger partial charge in [0.2, 0.25) is 5.82 Å². The van der Waals surface area contributed by atoms with Crippen LogP contribution in [0.1, 0.15) is 84.1 Å². The van der Waals surface area contributed by atoms with Crippen molar-refractivity contribution >= 4 is 11.0 Å². The second-order valence-corrected chi connectivity index (χ2v) is 11.8. The highest BCUT2D eigenvalue weighted by Gasteiger charge is 2.41. The summed E-state index contributed by atoms with van der Waals surface area (Å²) >= 11 is 0. The first-order valence-corrected chi connectivity index (χ1v) is 14.4. The Morgan fingerprint density at radius 3 is 2.39 bits per heavy atom. The summed E-state index contributed by atoms with van der Waals surface area (Å²) in [5.74, 6) is 1.65. The van der Waals surface area contributed by atoms with E-state index < -0.39 is 11.2 Å². The Morgan fingerprint density at radius 2 is 1.68 bits per heavy atom. The molecular formula is C29H38N6O3. The molecule has 6 atom stereocenters. The molecule has 202 valence electrons. The van der Waals surface area contributed by atoms with Gasteiger partial charge in [-0.15, -0.1) is 0 Å². The third-order valence-electron chi connectivity index (χ3n) is 9.39. The standard InChI is InChI=1S/C29H38N6O3/c1-3-21-16-22(12-18(2)33(21)23-14-19-8-4-5-9-20(13-19)15-23)34-25-11-7-6-10-24(25)31-27(28(34)37)35-29(38)32-26(36)17-30-35/h6-7,10-11,17-23H,3-5,8-9,12-16H2,1-2H3,(H,32,36,38)/t18?,19-,20+,21-,22-,23-/m1/s1. The first-order chi connectivity index (χ1) is 18.4. The predicted molar refractivity (Wildman–Crippen MR) is 147 cm³/mol. The minimum absolute atomic E-state index is 0.0188. The fraction of sp³-hybridized carbons (Fsp3) is 0.621. The highest BCUT2D eigenvalue weighted by Crippen LogP contribution is 2.44. The van der Waals surface area contributed by atoms with Crippen LogP contribution in [0.2, 0.25) is 0 Å². The van der Waals surface area contributed by atoms with Crippen LogP contribution in [0, 0.1) is 11.8 Å². The smallest absolute Gasteiger partial charge is 0.300 e. The van der Waals surface area contributed by atoms with Gasteiger partial charge in [0.1, 0.15) is 6.20 Å². The number of hydrogen-bond acceptors (Lipinski definition) is 6. The Labute approximate surface area is 221 Å². The third kappa shape index (κ3) is 4.55. The average Bonchev–Trinajstić information content (AvgIpc) is 3.07. The van der Waals surface area contributed by atoms with Gasteiger partial charge in [-0.2, -0.15) is 9.78 Å². The van der Waals surface area contributed by atoms with Crippen molar-refractivity contribution in [2.24, 2.45) is 11.8 Å². The summed E-state index contributed by atoms with van der Waals surface area (Å²) in [6, 6.07) is 8.93. The Balaban J connectivity index is 1.38. The maximum atomic E-state index is 14.0. The zero-order chi connectivity index (χ0) is 26.4. The highest BCUT2D eigenvalue weighted by atomic mass is 16.2. The maximum Gasteiger partial charge on any atom is 0.351 e. The van der Waals surface area contributed by atoms with Crippen molar-refractivity contribution in [3.05, 3.63) is 61.7 Å². The number of piperidine rings is 1. The molecule has 3 aliphatic rings. The lowest BCUT2D eigenvalue weighted by Crippen LogP contribution is -2.55. The van der Waals surface area contributed by atoms with Gasteiger partial charge >= 0.3 is 5.69 Å². The van der Waals surface area contributed by atoms with Gasteiger partial charge in [0.05, 0.1) is 11.0 Å². The summed E-state index contributed by atoms with van der Waals surface area (Å²) in [4.78, 5) is 47.6. The molecule has 0 radical (unpaired) electrons. The Bertz CT molecular complexity index is 1480. The molecule has 3 fully saturated rings. The van der Waals surface area contributed by atoms with Crippen LogP contribution in [-0.4, -0.2) is 47.3 Å². The normalized spacial score (nSPS) is 30.3. The molecule has 1 saturated heterocycles. The second kappa shape index (κ2) is 10.2. The topological polar surface area (TPSA) is 106 Å². The van der Waals surface area contributed by atoms with E-state index in [4.69, 9.17) is 0 Å². The summed E-state index contributed by atoms with van der Waals surface area (Å²) < 4.78 is 2.75. The molecule has 38 heavy (non-hydrogen) atoms. The molecule has 9 nitrogen and oxygen atoms in total. The van der Waals surface area contributed by atoms with Gasteiger partial charge in [-0.05, 0) is 69.4 Å². The lowest BCUT2D eigenvalue weighted by molar-refractivity contribution is -0.0106. The number of nitrogens with one attached hydrogen (secondary N) is 1. The molecule has 3 heterocycles. The molecule has 2 bridgehead atoms. The van der Waals surface area contributed by atoms with Crippen molar-refractivity contribution in [2.45, 2.75) is 102 Å². The van der Waals surface area contributed by atoms with E-state index >= 15 is 0 Å². The first kappa shape index (κ1) is 25.2. The van der Waals surface area contributed by atoms with Crippen molar-refractivity contribution in [3.8, 4) is 5.82 Å². The molecule has 2 saturated carbocycles. The molecule has 9 heteroatoms. The monoisotopic (exact) mass is 518 g/mol. The largest absolute Gasteiger partial charge is 0.351 e. The van der Waals surface area contributed by atoms with E-state index in [1.54, 1.807) is 0 Å². The van der Waals surface area contributed by atoms with Gasteiger partial charge in [0.25, 0.3) is 11.1 Å². The quantitative estimate of drug-likeness (QED) is 0.563. The van der Waals surface area contributed by atoms with E-state index in [1.165, 1.54) is 44.9 Å². The Kier molecular flexibility index (Phi) is 6.80. The maximum absolute atomic E-state index is 14.0. The van der Waals surface area contributed by atoms with E-state index in [-0.39, 0.29) is 17.4 Å². The molecule has 1 aromatic carbocycles. The third-order valence-corrected chi connectivity index (χ3v) is 9.39. The fourth-order valence-corrected chi connectivity index (χ4v) is 7.91. The van der Waals surface area contributed by atoms with E-state index in [0.717, 1.165) is 47.5 Å². The number of fused-ring (bicyclic) bond motifs is 3. The van der Waals surface area contributed by atoms with E-state index in [2.05, 4.69) is 33.8 Å². The minimum atomic E-state index is -0.766. The lowest BCUT2D eigenvalue weighted by Gasteiger charge is -2.51. The minimum Gasteiger partial charge on any atom is -0.300 e. The lowest BCUT2D eigenvalue weighted by atomic mass is 9.75. The molecule has 2 aromatic heterocycles. The Morgan fingerprint density at radius 1 is 0.947 bits per heavy atom. The number of rotatable bonds is 4. The summed E-state index contributed by atoms with van der Waals surface area (Å²) in [5, 5.41) is 3.93. The average molecular weight is 519 g/mol. The van der Waals surface area contributed by atoms with Gasteiger partial charge in [0.15, 0.2) is 0 Å². The van der Waals surface area contributed by atoms with Crippen LogP contribution in [0.5, 0.6) is 0 Å². The van der Waals surface area contributed by atoms with Gasteiger partial charge in [-0.3, -0.25) is 19.5 Å². The van der Waals surface area contributed by atoms with Crippen LogP contribution in [0.4, 0.5) is 0 Å². The number of para-hydroxylation sites is 2. The molecule has 1 aliphatic heterocycles. The van der Waals surface area contributed by atoms with Gasteiger partial charge in [0, 0.05) is 24.2 Å². The zero-order valence-corrected chi connectivity index (χ0v) is 22.4. The van der Waals surface area contributed by atoms with Crippen molar-refractivity contribution in [2.75, 3.05) is 0 Å². The van der Waals surface area contributed by atoms with Crippen LogP contribution in [-0.2, 0) is 0 Å². The number of hydrogen-bond donors (Lipinski definition) is 1. The van der Waals surface area contributed by atoms with Crippen LogP contribution in [0.3, 0.4) is 0 Å². The number of benzene rings is 1.